The summed E-state index contributed by atoms with van der Waals surface area (Å²) in [6, 6.07) is 5.27. The molecule has 0 bridgehead atoms. The summed E-state index contributed by atoms with van der Waals surface area (Å²) in [5.74, 6) is 0.549. The molecule has 1 aromatic rings. The molecule has 0 aliphatic heterocycles. The first-order valence-corrected chi connectivity index (χ1v) is 9.03. The Morgan fingerprint density at radius 3 is 2.38 bits per heavy atom. The SMILES string of the molecule is CCC(=O)NC(C)(C)c1cc(OCCNC(=O)OC(C)(C)C)ccc1Cl. The van der Waals surface area contributed by atoms with Crippen molar-refractivity contribution in [3.8, 4) is 5.75 Å². The van der Waals surface area contributed by atoms with Gasteiger partial charge in [0.25, 0.3) is 0 Å². The fourth-order valence-corrected chi connectivity index (χ4v) is 2.57. The number of hydrogen-bond donors (Lipinski definition) is 2. The van der Waals surface area contributed by atoms with Crippen LogP contribution in [0.4, 0.5) is 4.79 Å². The highest BCUT2D eigenvalue weighted by Gasteiger charge is 2.25. The Balaban J connectivity index is 2.64. The zero-order valence-corrected chi connectivity index (χ0v) is 17.1. The van der Waals surface area contributed by atoms with Crippen LogP contribution in [-0.2, 0) is 15.1 Å². The van der Waals surface area contributed by atoms with E-state index in [0.29, 0.717) is 23.7 Å². The molecule has 26 heavy (non-hydrogen) atoms. The normalized spacial score (nSPS) is 11.7. The van der Waals surface area contributed by atoms with Gasteiger partial charge in [0.15, 0.2) is 0 Å². The predicted octanol–water partition coefficient (Wildman–Crippen LogP) is 4.00. The van der Waals surface area contributed by atoms with Crippen molar-refractivity contribution < 1.29 is 19.1 Å². The predicted molar refractivity (Wildman–Crippen MR) is 103 cm³/mol. The Labute approximate surface area is 160 Å². The highest BCUT2D eigenvalue weighted by molar-refractivity contribution is 6.31. The van der Waals surface area contributed by atoms with E-state index in [1.54, 1.807) is 45.9 Å². The molecule has 0 saturated carbocycles. The highest BCUT2D eigenvalue weighted by Crippen LogP contribution is 2.31. The maximum absolute atomic E-state index is 11.7. The molecule has 7 heteroatoms. The molecule has 0 aromatic heterocycles. The van der Waals surface area contributed by atoms with Crippen LogP contribution in [0, 0.1) is 0 Å². The number of nitrogens with one attached hydrogen (secondary N) is 2. The van der Waals surface area contributed by atoms with E-state index in [4.69, 9.17) is 21.1 Å². The third-order valence-electron chi connectivity index (χ3n) is 3.42. The van der Waals surface area contributed by atoms with Crippen LogP contribution >= 0.6 is 11.6 Å². The molecule has 0 fully saturated rings. The zero-order chi connectivity index (χ0) is 20.0. The fourth-order valence-electron chi connectivity index (χ4n) is 2.21. The number of alkyl carbamates (subject to hydrolysis) is 1. The first-order chi connectivity index (χ1) is 11.9. The molecule has 0 spiro atoms. The second-order valence-corrected chi connectivity index (χ2v) is 7.85. The van der Waals surface area contributed by atoms with Gasteiger partial charge in [-0.15, -0.1) is 0 Å². The first-order valence-electron chi connectivity index (χ1n) is 8.65. The Morgan fingerprint density at radius 2 is 1.81 bits per heavy atom. The number of carbonyl (C=O) groups is 2. The number of carbonyl (C=O) groups excluding carboxylic acids is 2. The van der Waals surface area contributed by atoms with Crippen LogP contribution in [0.5, 0.6) is 5.75 Å². The van der Waals surface area contributed by atoms with E-state index in [2.05, 4.69) is 10.6 Å². The standard InChI is InChI=1S/C19H29ClN2O4/c1-7-16(23)22-19(5,6)14-12-13(8-9-15(14)20)25-11-10-21-17(24)26-18(2,3)4/h8-9,12H,7,10-11H2,1-6H3,(H,21,24)(H,22,23). The molecule has 1 aromatic carbocycles. The van der Waals surface area contributed by atoms with Gasteiger partial charge in [0.2, 0.25) is 5.91 Å². The molecule has 0 atom stereocenters. The number of rotatable bonds is 7. The lowest BCUT2D eigenvalue weighted by Crippen LogP contribution is -2.40. The van der Waals surface area contributed by atoms with E-state index < -0.39 is 17.2 Å². The van der Waals surface area contributed by atoms with Crippen LogP contribution in [0.2, 0.25) is 5.02 Å². The van der Waals surface area contributed by atoms with Crippen molar-refractivity contribution in [2.24, 2.45) is 0 Å². The quantitative estimate of drug-likeness (QED) is 0.696. The molecular formula is C19H29ClN2O4. The minimum atomic E-state index is -0.627. The first kappa shape index (κ1) is 22.1. The van der Waals surface area contributed by atoms with Gasteiger partial charge in [-0.3, -0.25) is 4.79 Å². The molecule has 0 unspecified atom stereocenters. The number of halogens is 1. The minimum absolute atomic E-state index is 0.0565. The summed E-state index contributed by atoms with van der Waals surface area (Å²) in [6.45, 7) is 11.6. The van der Waals surface area contributed by atoms with Gasteiger partial charge in [0.1, 0.15) is 18.0 Å². The molecule has 0 heterocycles. The van der Waals surface area contributed by atoms with Crippen LogP contribution in [0.3, 0.4) is 0 Å². The summed E-state index contributed by atoms with van der Waals surface area (Å²) < 4.78 is 10.8. The summed E-state index contributed by atoms with van der Waals surface area (Å²) >= 11 is 6.29. The average Bonchev–Trinajstić information content (AvgIpc) is 2.50. The Hall–Kier alpha value is -1.95. The van der Waals surface area contributed by atoms with E-state index in [0.717, 1.165) is 5.56 Å². The van der Waals surface area contributed by atoms with Gasteiger partial charge in [0.05, 0.1) is 12.1 Å². The van der Waals surface area contributed by atoms with Gasteiger partial charge in [-0.2, -0.15) is 0 Å². The van der Waals surface area contributed by atoms with Gasteiger partial charge in [-0.05, 0) is 58.4 Å². The van der Waals surface area contributed by atoms with E-state index in [1.807, 2.05) is 13.8 Å². The largest absolute Gasteiger partial charge is 0.492 e. The lowest BCUT2D eigenvalue weighted by atomic mass is 9.93. The van der Waals surface area contributed by atoms with Crippen molar-refractivity contribution in [1.82, 2.24) is 10.6 Å². The second-order valence-electron chi connectivity index (χ2n) is 7.45. The van der Waals surface area contributed by atoms with Crippen LogP contribution in [0.15, 0.2) is 18.2 Å². The summed E-state index contributed by atoms with van der Waals surface area (Å²) in [6.07, 6.45) is -0.0885. The Bertz CT molecular complexity index is 639. The lowest BCUT2D eigenvalue weighted by Gasteiger charge is -2.28. The van der Waals surface area contributed by atoms with Crippen LogP contribution in [0.25, 0.3) is 0 Å². The average molecular weight is 385 g/mol. The third-order valence-corrected chi connectivity index (χ3v) is 3.75. The van der Waals surface area contributed by atoms with Crippen molar-refractivity contribution in [3.63, 3.8) is 0 Å². The van der Waals surface area contributed by atoms with Gasteiger partial charge < -0.3 is 20.1 Å². The summed E-state index contributed by atoms with van der Waals surface area (Å²) in [4.78, 5) is 23.3. The summed E-state index contributed by atoms with van der Waals surface area (Å²) in [5, 5.41) is 6.12. The van der Waals surface area contributed by atoms with Crippen LogP contribution in [-0.4, -0.2) is 30.8 Å². The molecule has 0 aliphatic carbocycles. The molecule has 0 radical (unpaired) electrons. The smallest absolute Gasteiger partial charge is 0.407 e. The summed E-state index contributed by atoms with van der Waals surface area (Å²) in [5.41, 5.74) is -0.401. The second kappa shape index (κ2) is 9.12. The van der Waals surface area contributed by atoms with Gasteiger partial charge in [-0.25, -0.2) is 4.79 Å². The molecule has 2 N–H and O–H groups in total. The number of hydrogen-bond acceptors (Lipinski definition) is 4. The molecule has 1 rings (SSSR count). The number of amides is 2. The molecular weight excluding hydrogens is 356 g/mol. The maximum atomic E-state index is 11.7. The van der Waals surface area contributed by atoms with Crippen molar-refractivity contribution in [2.75, 3.05) is 13.2 Å². The van der Waals surface area contributed by atoms with Crippen molar-refractivity contribution in [1.29, 1.82) is 0 Å². The summed E-state index contributed by atoms with van der Waals surface area (Å²) in [7, 11) is 0. The zero-order valence-electron chi connectivity index (χ0n) is 16.4. The monoisotopic (exact) mass is 384 g/mol. The molecule has 2 amide bonds. The minimum Gasteiger partial charge on any atom is -0.492 e. The van der Waals surface area contributed by atoms with Crippen LogP contribution in [0.1, 0.15) is 53.5 Å². The van der Waals surface area contributed by atoms with Gasteiger partial charge in [0, 0.05) is 11.4 Å². The molecule has 146 valence electrons. The van der Waals surface area contributed by atoms with Crippen molar-refractivity contribution in [3.05, 3.63) is 28.8 Å². The van der Waals surface area contributed by atoms with Gasteiger partial charge in [-0.1, -0.05) is 18.5 Å². The van der Waals surface area contributed by atoms with Crippen molar-refractivity contribution in [2.45, 2.75) is 59.1 Å². The topological polar surface area (TPSA) is 76.7 Å². The Morgan fingerprint density at radius 1 is 1.15 bits per heavy atom. The van der Waals surface area contributed by atoms with E-state index >= 15 is 0 Å². The number of benzene rings is 1. The van der Waals surface area contributed by atoms with Crippen molar-refractivity contribution >= 4 is 23.6 Å². The molecule has 0 aliphatic rings. The van der Waals surface area contributed by atoms with Gasteiger partial charge >= 0.3 is 6.09 Å². The lowest BCUT2D eigenvalue weighted by molar-refractivity contribution is -0.122. The van der Waals surface area contributed by atoms with Crippen LogP contribution < -0.4 is 15.4 Å². The van der Waals surface area contributed by atoms with E-state index in [9.17, 15) is 9.59 Å². The fraction of sp³-hybridized carbons (Fsp3) is 0.579. The number of ether oxygens (including phenoxy) is 2. The highest BCUT2D eigenvalue weighted by atomic mass is 35.5. The molecule has 0 saturated heterocycles. The maximum Gasteiger partial charge on any atom is 0.407 e. The molecule has 6 nitrogen and oxygen atoms in total. The Kier molecular flexibility index (Phi) is 7.75. The van der Waals surface area contributed by atoms with E-state index in [-0.39, 0.29) is 12.5 Å². The third kappa shape index (κ3) is 7.52. The van der Waals surface area contributed by atoms with E-state index in [1.165, 1.54) is 0 Å².